The highest BCUT2D eigenvalue weighted by Gasteiger charge is 2.20. The van der Waals surface area contributed by atoms with Gasteiger partial charge in [-0.05, 0) is 31.9 Å². The fraction of sp³-hybridized carbons (Fsp3) is 0.500. The number of rotatable bonds is 7. The number of para-hydroxylation sites is 1. The molecular formula is C20H26N4O4S. The molecule has 1 atom stereocenters. The van der Waals surface area contributed by atoms with Crippen LogP contribution in [-0.4, -0.2) is 47.0 Å². The standard InChI is InChI=1S/C20H26N4O4S/c1-13(11-28-2)24-18(26)15-9-5-6-10-16(15)22-20(24)29-12-17(25)23-19(27)21-14-7-3-4-8-14/h5-6,9-10,13-14H,3-4,7-8,11-12H2,1-2H3,(H2,21,23,25,27)/t13-/m1/s1. The van der Waals surface area contributed by atoms with E-state index in [1.165, 1.54) is 0 Å². The van der Waals surface area contributed by atoms with Gasteiger partial charge in [-0.3, -0.25) is 19.5 Å². The van der Waals surface area contributed by atoms with Crippen molar-refractivity contribution in [3.05, 3.63) is 34.6 Å². The van der Waals surface area contributed by atoms with Crippen molar-refractivity contribution in [2.24, 2.45) is 0 Å². The Hall–Kier alpha value is -2.39. The fourth-order valence-corrected chi connectivity index (χ4v) is 4.41. The van der Waals surface area contributed by atoms with Crippen molar-refractivity contribution >= 4 is 34.6 Å². The summed E-state index contributed by atoms with van der Waals surface area (Å²) in [6.07, 6.45) is 4.08. The van der Waals surface area contributed by atoms with Gasteiger partial charge in [0.05, 0.1) is 29.3 Å². The molecule has 1 aromatic carbocycles. The number of imide groups is 1. The molecule has 1 aliphatic rings. The van der Waals surface area contributed by atoms with Crippen LogP contribution < -0.4 is 16.2 Å². The van der Waals surface area contributed by atoms with E-state index in [1.54, 1.807) is 29.9 Å². The first kappa shape index (κ1) is 21.3. The second-order valence-electron chi connectivity index (χ2n) is 7.18. The molecule has 3 amide bonds. The maximum absolute atomic E-state index is 13.0. The third kappa shape index (κ3) is 5.36. The highest BCUT2D eigenvalue weighted by Crippen LogP contribution is 2.21. The van der Waals surface area contributed by atoms with E-state index in [0.29, 0.717) is 22.7 Å². The molecule has 0 radical (unpaired) electrons. The van der Waals surface area contributed by atoms with Crippen LogP contribution in [0.4, 0.5) is 4.79 Å². The van der Waals surface area contributed by atoms with Gasteiger partial charge in [0.15, 0.2) is 5.16 Å². The Labute approximate surface area is 173 Å². The van der Waals surface area contributed by atoms with Crippen LogP contribution in [0.15, 0.2) is 34.2 Å². The lowest BCUT2D eigenvalue weighted by molar-refractivity contribution is -0.117. The summed E-state index contributed by atoms with van der Waals surface area (Å²) in [6.45, 7) is 2.20. The lowest BCUT2D eigenvalue weighted by atomic mass is 10.2. The highest BCUT2D eigenvalue weighted by atomic mass is 32.2. The van der Waals surface area contributed by atoms with Gasteiger partial charge in [-0.2, -0.15) is 0 Å². The monoisotopic (exact) mass is 418 g/mol. The lowest BCUT2D eigenvalue weighted by Crippen LogP contribution is -2.44. The third-order valence-electron chi connectivity index (χ3n) is 4.90. The zero-order valence-electron chi connectivity index (χ0n) is 16.6. The topological polar surface area (TPSA) is 102 Å². The molecule has 8 nitrogen and oxygen atoms in total. The normalized spacial score (nSPS) is 15.4. The van der Waals surface area contributed by atoms with Crippen LogP contribution in [0.25, 0.3) is 10.9 Å². The van der Waals surface area contributed by atoms with Crippen LogP contribution in [0.3, 0.4) is 0 Å². The van der Waals surface area contributed by atoms with Gasteiger partial charge in [0.2, 0.25) is 5.91 Å². The highest BCUT2D eigenvalue weighted by molar-refractivity contribution is 7.99. The van der Waals surface area contributed by atoms with Crippen molar-refractivity contribution in [2.45, 2.75) is 49.8 Å². The van der Waals surface area contributed by atoms with Gasteiger partial charge < -0.3 is 10.1 Å². The van der Waals surface area contributed by atoms with E-state index in [1.807, 2.05) is 13.0 Å². The third-order valence-corrected chi connectivity index (χ3v) is 5.85. The van der Waals surface area contributed by atoms with E-state index < -0.39 is 11.9 Å². The van der Waals surface area contributed by atoms with Crippen LogP contribution >= 0.6 is 11.8 Å². The minimum Gasteiger partial charge on any atom is -0.383 e. The molecule has 3 rings (SSSR count). The Kier molecular flexibility index (Phi) is 7.27. The molecule has 0 bridgehead atoms. The Morgan fingerprint density at radius 3 is 2.76 bits per heavy atom. The summed E-state index contributed by atoms with van der Waals surface area (Å²) >= 11 is 1.13. The maximum atomic E-state index is 13.0. The first-order valence-corrected chi connectivity index (χ1v) is 10.7. The molecule has 156 valence electrons. The van der Waals surface area contributed by atoms with Crippen LogP contribution in [0.2, 0.25) is 0 Å². The molecule has 0 saturated heterocycles. The van der Waals surface area contributed by atoms with Crippen LogP contribution in [-0.2, 0) is 9.53 Å². The molecule has 0 aliphatic heterocycles. The molecule has 0 spiro atoms. The first-order chi connectivity index (χ1) is 14.0. The number of carbonyl (C=O) groups is 2. The number of amides is 3. The average molecular weight is 419 g/mol. The second kappa shape index (κ2) is 9.89. The molecule has 0 unspecified atom stereocenters. The molecule has 1 aromatic heterocycles. The summed E-state index contributed by atoms with van der Waals surface area (Å²) in [5.74, 6) is -0.457. The number of thioether (sulfide) groups is 1. The van der Waals surface area contributed by atoms with E-state index in [-0.39, 0.29) is 23.4 Å². The molecule has 9 heteroatoms. The Morgan fingerprint density at radius 2 is 2.03 bits per heavy atom. The van der Waals surface area contributed by atoms with E-state index >= 15 is 0 Å². The number of hydrogen-bond acceptors (Lipinski definition) is 6. The molecule has 1 aliphatic carbocycles. The molecule has 2 N–H and O–H groups in total. The average Bonchev–Trinajstić information content (AvgIpc) is 3.19. The van der Waals surface area contributed by atoms with Gasteiger partial charge in [0, 0.05) is 13.2 Å². The SMILES string of the molecule is COC[C@@H](C)n1c(SCC(=O)NC(=O)NC2CCCC2)nc2ccccc2c1=O. The molecule has 2 aromatic rings. The summed E-state index contributed by atoms with van der Waals surface area (Å²) in [5.41, 5.74) is 0.391. The Bertz CT molecular complexity index is 940. The number of carbonyl (C=O) groups excluding carboxylic acids is 2. The number of benzene rings is 1. The summed E-state index contributed by atoms with van der Waals surface area (Å²) in [5, 5.41) is 6.11. The van der Waals surface area contributed by atoms with Gasteiger partial charge in [-0.25, -0.2) is 9.78 Å². The number of hydrogen-bond donors (Lipinski definition) is 2. The first-order valence-electron chi connectivity index (χ1n) is 9.73. The number of ether oxygens (including phenoxy) is 1. The number of methoxy groups -OCH3 is 1. The molecule has 1 saturated carbocycles. The smallest absolute Gasteiger partial charge is 0.321 e. The van der Waals surface area contributed by atoms with Crippen molar-refractivity contribution in [2.75, 3.05) is 19.5 Å². The fourth-order valence-electron chi connectivity index (χ4n) is 3.52. The second-order valence-corrected chi connectivity index (χ2v) is 8.13. The molecule has 29 heavy (non-hydrogen) atoms. The van der Waals surface area contributed by atoms with Crippen molar-refractivity contribution in [1.29, 1.82) is 0 Å². The lowest BCUT2D eigenvalue weighted by Gasteiger charge is -2.18. The van der Waals surface area contributed by atoms with Crippen molar-refractivity contribution in [3.8, 4) is 0 Å². The number of fused-ring (bicyclic) bond motifs is 1. The van der Waals surface area contributed by atoms with Crippen LogP contribution in [0.5, 0.6) is 0 Å². The number of nitrogens with zero attached hydrogens (tertiary/aromatic N) is 2. The maximum Gasteiger partial charge on any atom is 0.321 e. The van der Waals surface area contributed by atoms with Gasteiger partial charge in [-0.15, -0.1) is 0 Å². The minimum atomic E-state index is -0.473. The minimum absolute atomic E-state index is 0.0252. The summed E-state index contributed by atoms with van der Waals surface area (Å²) in [4.78, 5) is 41.7. The van der Waals surface area contributed by atoms with E-state index in [2.05, 4.69) is 15.6 Å². The summed E-state index contributed by atoms with van der Waals surface area (Å²) < 4.78 is 6.74. The van der Waals surface area contributed by atoms with Crippen molar-refractivity contribution < 1.29 is 14.3 Å². The van der Waals surface area contributed by atoms with Gasteiger partial charge in [0.1, 0.15) is 0 Å². The zero-order chi connectivity index (χ0) is 20.8. The molecule has 1 heterocycles. The van der Waals surface area contributed by atoms with Gasteiger partial charge in [-0.1, -0.05) is 36.7 Å². The zero-order valence-corrected chi connectivity index (χ0v) is 17.5. The summed E-state index contributed by atoms with van der Waals surface area (Å²) in [6, 6.07) is 6.51. The predicted molar refractivity (Wildman–Crippen MR) is 112 cm³/mol. The number of nitrogens with one attached hydrogen (secondary N) is 2. The number of aromatic nitrogens is 2. The molecule has 1 fully saturated rings. The molecular weight excluding hydrogens is 392 g/mol. The Balaban J connectivity index is 1.72. The van der Waals surface area contributed by atoms with Crippen molar-refractivity contribution in [3.63, 3.8) is 0 Å². The van der Waals surface area contributed by atoms with E-state index in [4.69, 9.17) is 4.74 Å². The largest absolute Gasteiger partial charge is 0.383 e. The van der Waals surface area contributed by atoms with Gasteiger partial charge >= 0.3 is 6.03 Å². The van der Waals surface area contributed by atoms with Gasteiger partial charge in [0.25, 0.3) is 5.56 Å². The predicted octanol–water partition coefficient (Wildman–Crippen LogP) is 2.46. The van der Waals surface area contributed by atoms with E-state index in [0.717, 1.165) is 37.4 Å². The van der Waals surface area contributed by atoms with Crippen molar-refractivity contribution in [1.82, 2.24) is 20.2 Å². The Morgan fingerprint density at radius 1 is 1.31 bits per heavy atom. The summed E-state index contributed by atoms with van der Waals surface area (Å²) in [7, 11) is 1.57. The van der Waals surface area contributed by atoms with Crippen LogP contribution in [0.1, 0.15) is 38.6 Å². The number of urea groups is 1. The van der Waals surface area contributed by atoms with E-state index in [9.17, 15) is 14.4 Å². The van der Waals surface area contributed by atoms with Crippen LogP contribution in [0, 0.1) is 0 Å². The quantitative estimate of drug-likeness (QED) is 0.529.